The van der Waals surface area contributed by atoms with Crippen molar-refractivity contribution in [2.75, 3.05) is 19.7 Å². The van der Waals surface area contributed by atoms with Crippen LogP contribution in [0.2, 0.25) is 0 Å². The summed E-state index contributed by atoms with van der Waals surface area (Å²) in [7, 11) is 0. The zero-order valence-corrected chi connectivity index (χ0v) is 13.8. The lowest BCUT2D eigenvalue weighted by molar-refractivity contribution is 0.111. The van der Waals surface area contributed by atoms with Crippen LogP contribution in [0.1, 0.15) is 42.7 Å². The van der Waals surface area contributed by atoms with Crippen molar-refractivity contribution in [2.45, 2.75) is 51.4 Å². The number of rotatable bonds is 3. The van der Waals surface area contributed by atoms with Gasteiger partial charge in [0.1, 0.15) is 11.1 Å². The zero-order chi connectivity index (χ0) is 13.2. The van der Waals surface area contributed by atoms with E-state index in [1.165, 1.54) is 16.3 Å². The van der Waals surface area contributed by atoms with Crippen molar-refractivity contribution in [3.63, 3.8) is 0 Å². The van der Waals surface area contributed by atoms with Gasteiger partial charge < -0.3 is 10.1 Å². The molecule has 0 amide bonds. The number of aromatic nitrogens is 1. The van der Waals surface area contributed by atoms with Gasteiger partial charge in [-0.3, -0.25) is 4.90 Å². The van der Waals surface area contributed by atoms with Gasteiger partial charge in [-0.1, -0.05) is 0 Å². The number of nitrogens with one attached hydrogen (secondary N) is 1. The highest BCUT2D eigenvalue weighted by atomic mass is 35.5. The molecular weight excluding hydrogens is 294 g/mol. The van der Waals surface area contributed by atoms with Crippen LogP contribution in [0.25, 0.3) is 0 Å². The molecule has 0 aromatic carbocycles. The maximum atomic E-state index is 5.70. The van der Waals surface area contributed by atoms with Crippen LogP contribution in [0.4, 0.5) is 0 Å². The third kappa shape index (κ3) is 3.71. The van der Waals surface area contributed by atoms with E-state index in [4.69, 9.17) is 4.74 Å². The molecule has 3 rings (SSSR count). The number of nitrogens with zero attached hydrogens (tertiary/aromatic N) is 2. The maximum Gasteiger partial charge on any atom is 0.122 e. The Labute approximate surface area is 131 Å². The predicted molar refractivity (Wildman–Crippen MR) is 84.6 cm³/mol. The number of ether oxygens (including phenoxy) is 1. The van der Waals surface area contributed by atoms with E-state index in [0.717, 1.165) is 32.7 Å². The van der Waals surface area contributed by atoms with Gasteiger partial charge in [-0.25, -0.2) is 4.98 Å². The minimum Gasteiger partial charge on any atom is -0.371 e. The zero-order valence-electron chi connectivity index (χ0n) is 12.2. The van der Waals surface area contributed by atoms with Crippen LogP contribution < -0.4 is 5.32 Å². The molecule has 0 bridgehead atoms. The largest absolute Gasteiger partial charge is 0.371 e. The van der Waals surface area contributed by atoms with Gasteiger partial charge in [0.15, 0.2) is 0 Å². The second-order valence-corrected chi connectivity index (χ2v) is 6.90. The van der Waals surface area contributed by atoms with Crippen LogP contribution in [0.5, 0.6) is 0 Å². The maximum absolute atomic E-state index is 5.70. The number of piperazine rings is 1. The summed E-state index contributed by atoms with van der Waals surface area (Å²) in [5.74, 6) is 0. The van der Waals surface area contributed by atoms with Gasteiger partial charge >= 0.3 is 0 Å². The molecule has 4 nitrogen and oxygen atoms in total. The number of halogens is 1. The summed E-state index contributed by atoms with van der Waals surface area (Å²) < 4.78 is 5.70. The molecule has 3 unspecified atom stereocenters. The molecule has 6 heteroatoms. The van der Waals surface area contributed by atoms with Crippen molar-refractivity contribution in [1.29, 1.82) is 0 Å². The van der Waals surface area contributed by atoms with Crippen LogP contribution in [-0.4, -0.2) is 41.7 Å². The highest BCUT2D eigenvalue weighted by Crippen LogP contribution is 2.31. The summed E-state index contributed by atoms with van der Waals surface area (Å²) >= 11 is 1.83. The first-order valence-electron chi connectivity index (χ1n) is 7.26. The summed E-state index contributed by atoms with van der Waals surface area (Å²) in [6.45, 7) is 8.67. The highest BCUT2D eigenvalue weighted by Gasteiger charge is 2.24. The van der Waals surface area contributed by atoms with E-state index >= 15 is 0 Å². The molecule has 1 aromatic rings. The lowest BCUT2D eigenvalue weighted by Gasteiger charge is -2.37. The quantitative estimate of drug-likeness (QED) is 0.930. The van der Waals surface area contributed by atoms with Crippen LogP contribution in [0.15, 0.2) is 6.20 Å². The van der Waals surface area contributed by atoms with Gasteiger partial charge in [-0.15, -0.1) is 23.7 Å². The molecule has 0 saturated carbocycles. The van der Waals surface area contributed by atoms with E-state index in [2.05, 4.69) is 29.0 Å². The Hall–Kier alpha value is -0.200. The van der Waals surface area contributed by atoms with Crippen LogP contribution >= 0.6 is 23.7 Å². The van der Waals surface area contributed by atoms with Gasteiger partial charge in [-0.2, -0.15) is 0 Å². The van der Waals surface area contributed by atoms with Crippen molar-refractivity contribution >= 4 is 23.7 Å². The molecule has 114 valence electrons. The molecule has 3 atom stereocenters. The van der Waals surface area contributed by atoms with E-state index < -0.39 is 0 Å². The molecule has 2 aliphatic rings. The summed E-state index contributed by atoms with van der Waals surface area (Å²) in [6.07, 6.45) is 4.61. The summed E-state index contributed by atoms with van der Waals surface area (Å²) in [4.78, 5) is 8.48. The van der Waals surface area contributed by atoms with E-state index in [1.54, 1.807) is 0 Å². The summed E-state index contributed by atoms with van der Waals surface area (Å²) in [6, 6.07) is 1.19. The molecule has 2 fully saturated rings. The molecule has 0 aliphatic carbocycles. The van der Waals surface area contributed by atoms with Crippen molar-refractivity contribution in [2.24, 2.45) is 0 Å². The lowest BCUT2D eigenvalue weighted by Crippen LogP contribution is -2.53. The molecule has 0 spiro atoms. The Morgan fingerprint density at radius 1 is 1.50 bits per heavy atom. The van der Waals surface area contributed by atoms with Crippen molar-refractivity contribution in [3.8, 4) is 0 Å². The minimum absolute atomic E-state index is 0. The monoisotopic (exact) mass is 317 g/mol. The smallest absolute Gasteiger partial charge is 0.122 e. The van der Waals surface area contributed by atoms with E-state index in [1.807, 2.05) is 17.5 Å². The van der Waals surface area contributed by atoms with Crippen LogP contribution in [-0.2, 0) is 11.3 Å². The van der Waals surface area contributed by atoms with Crippen LogP contribution in [0, 0.1) is 0 Å². The first kappa shape index (κ1) is 16.2. The van der Waals surface area contributed by atoms with Crippen molar-refractivity contribution in [3.05, 3.63) is 16.1 Å². The Bertz CT molecular complexity index is 422. The molecular formula is C14H24ClN3OS. The fourth-order valence-electron chi connectivity index (χ4n) is 2.83. The Morgan fingerprint density at radius 2 is 2.35 bits per heavy atom. The third-order valence-corrected chi connectivity index (χ3v) is 5.10. The molecule has 2 saturated heterocycles. The first-order valence-corrected chi connectivity index (χ1v) is 8.07. The van der Waals surface area contributed by atoms with Crippen molar-refractivity contribution < 1.29 is 4.74 Å². The fourth-order valence-corrected chi connectivity index (χ4v) is 3.86. The first-order chi connectivity index (χ1) is 9.22. The standard InChI is InChI=1S/C14H23N3OS.ClH/c1-10-8-17(11(2)6-15-10)9-12-7-16-14(19-12)13-4-3-5-18-13;/h7,10-11,13,15H,3-6,8-9H2,1-2H3;1H. The van der Waals surface area contributed by atoms with E-state index in [0.29, 0.717) is 12.1 Å². The van der Waals surface area contributed by atoms with Gasteiger partial charge in [-0.05, 0) is 26.7 Å². The lowest BCUT2D eigenvalue weighted by atomic mass is 10.1. The Balaban J connectivity index is 0.00000147. The summed E-state index contributed by atoms with van der Waals surface area (Å²) in [5.41, 5.74) is 0. The van der Waals surface area contributed by atoms with Gasteiger partial charge in [0.25, 0.3) is 0 Å². The topological polar surface area (TPSA) is 37.4 Å². The molecule has 20 heavy (non-hydrogen) atoms. The Kier molecular flexibility index (Phi) is 5.81. The number of hydrogen-bond donors (Lipinski definition) is 1. The third-order valence-electron chi connectivity index (χ3n) is 4.03. The normalized spacial score (nSPS) is 31.2. The predicted octanol–water partition coefficient (Wildman–Crippen LogP) is 2.60. The number of thiazole rings is 1. The van der Waals surface area contributed by atoms with Crippen LogP contribution in [0.3, 0.4) is 0 Å². The molecule has 1 N–H and O–H groups in total. The van der Waals surface area contributed by atoms with Crippen molar-refractivity contribution in [1.82, 2.24) is 15.2 Å². The molecule has 3 heterocycles. The fraction of sp³-hybridized carbons (Fsp3) is 0.786. The molecule has 0 radical (unpaired) electrons. The van der Waals surface area contributed by atoms with E-state index in [9.17, 15) is 0 Å². The summed E-state index contributed by atoms with van der Waals surface area (Å²) in [5, 5.41) is 4.69. The average Bonchev–Trinajstić information content (AvgIpc) is 3.04. The van der Waals surface area contributed by atoms with Gasteiger partial charge in [0.2, 0.25) is 0 Å². The SMILES string of the molecule is CC1CN(Cc2cnc(C3CCCO3)s2)C(C)CN1.Cl. The Morgan fingerprint density at radius 3 is 3.10 bits per heavy atom. The second-order valence-electron chi connectivity index (χ2n) is 5.75. The molecule has 1 aromatic heterocycles. The number of hydrogen-bond acceptors (Lipinski definition) is 5. The average molecular weight is 318 g/mol. The minimum atomic E-state index is 0. The van der Waals surface area contributed by atoms with Gasteiger partial charge in [0.05, 0.1) is 0 Å². The van der Waals surface area contributed by atoms with E-state index in [-0.39, 0.29) is 18.5 Å². The highest BCUT2D eigenvalue weighted by molar-refractivity contribution is 7.11. The second kappa shape index (κ2) is 7.18. The van der Waals surface area contributed by atoms with Gasteiger partial charge in [0, 0.05) is 49.4 Å². The molecule has 2 aliphatic heterocycles.